The van der Waals surface area contributed by atoms with E-state index < -0.39 is 27.7 Å². The normalized spacial score (nSPS) is 14.3. The summed E-state index contributed by atoms with van der Waals surface area (Å²) in [5, 5.41) is 2.87. The third kappa shape index (κ3) is 5.53. The molecule has 1 aliphatic carbocycles. The number of aromatic nitrogens is 1. The molecular formula is C21H18F3N3O3S2. The number of amides is 1. The minimum Gasteiger partial charge on any atom is -0.298 e. The van der Waals surface area contributed by atoms with Crippen LogP contribution in [0.3, 0.4) is 0 Å². The number of nitrogens with zero attached hydrogens (tertiary/aromatic N) is 1. The number of nitrogens with one attached hydrogen (secondary N) is 2. The summed E-state index contributed by atoms with van der Waals surface area (Å²) in [6.45, 7) is 0. The number of carbonyl (C=O) groups is 1. The van der Waals surface area contributed by atoms with Gasteiger partial charge in [0.05, 0.1) is 10.5 Å². The van der Waals surface area contributed by atoms with Crippen LogP contribution in [0.25, 0.3) is 0 Å². The van der Waals surface area contributed by atoms with Gasteiger partial charge in [-0.05, 0) is 42.7 Å². The first-order valence-electron chi connectivity index (χ1n) is 9.65. The Morgan fingerprint density at radius 3 is 2.59 bits per heavy atom. The van der Waals surface area contributed by atoms with E-state index in [1.807, 2.05) is 0 Å². The Labute approximate surface area is 186 Å². The van der Waals surface area contributed by atoms with E-state index in [0.29, 0.717) is 10.4 Å². The van der Waals surface area contributed by atoms with Crippen LogP contribution in [0.5, 0.6) is 0 Å². The zero-order valence-electron chi connectivity index (χ0n) is 16.5. The highest BCUT2D eigenvalue weighted by atomic mass is 32.2. The molecule has 4 rings (SSSR count). The molecule has 3 aromatic rings. The Hall–Kier alpha value is -2.76. The van der Waals surface area contributed by atoms with Crippen LogP contribution in [-0.4, -0.2) is 25.4 Å². The van der Waals surface area contributed by atoms with Gasteiger partial charge in [0.2, 0.25) is 10.0 Å². The standard InChI is InChI=1S/C21H18F3N3O3S2/c22-21(23,24)15-5-1-3-13(9-15)10-17-12-25-20(31-17)26-19(28)14-4-2-6-18(11-14)32(29,30)27-16-7-8-16/h1-6,9,11-12,16,27H,7-8,10H2,(H,25,26,28). The maximum atomic E-state index is 12.9. The monoisotopic (exact) mass is 481 g/mol. The van der Waals surface area contributed by atoms with E-state index in [9.17, 15) is 26.4 Å². The number of sulfonamides is 1. The maximum Gasteiger partial charge on any atom is 0.416 e. The number of rotatable bonds is 7. The number of halogens is 3. The molecule has 6 nitrogen and oxygen atoms in total. The predicted octanol–water partition coefficient (Wildman–Crippen LogP) is 4.45. The van der Waals surface area contributed by atoms with Gasteiger partial charge in [-0.3, -0.25) is 10.1 Å². The number of carbonyl (C=O) groups excluding carboxylic acids is 1. The number of benzene rings is 2. The van der Waals surface area contributed by atoms with E-state index in [4.69, 9.17) is 0 Å². The van der Waals surface area contributed by atoms with Gasteiger partial charge in [-0.1, -0.05) is 24.3 Å². The van der Waals surface area contributed by atoms with Crippen LogP contribution >= 0.6 is 11.3 Å². The second kappa shape index (κ2) is 8.64. The molecule has 11 heteroatoms. The Bertz CT molecular complexity index is 1250. The molecule has 1 aliphatic rings. The first kappa shape index (κ1) is 22.4. The van der Waals surface area contributed by atoms with Gasteiger partial charge >= 0.3 is 6.18 Å². The van der Waals surface area contributed by atoms with Gasteiger partial charge in [-0.15, -0.1) is 11.3 Å². The molecule has 0 spiro atoms. The topological polar surface area (TPSA) is 88.2 Å². The number of hydrogen-bond donors (Lipinski definition) is 2. The Morgan fingerprint density at radius 1 is 1.12 bits per heavy atom. The zero-order chi connectivity index (χ0) is 22.9. The van der Waals surface area contributed by atoms with Crippen molar-refractivity contribution in [2.24, 2.45) is 0 Å². The predicted molar refractivity (Wildman–Crippen MR) is 114 cm³/mol. The fourth-order valence-corrected chi connectivity index (χ4v) is 5.16. The SMILES string of the molecule is O=C(Nc1ncc(Cc2cccc(C(F)(F)F)c2)s1)c1cccc(S(=O)(=O)NC2CC2)c1. The first-order valence-corrected chi connectivity index (χ1v) is 11.9. The van der Waals surface area contributed by atoms with Crippen molar-refractivity contribution in [2.75, 3.05) is 5.32 Å². The van der Waals surface area contributed by atoms with Crippen LogP contribution in [0.2, 0.25) is 0 Å². The second-order valence-electron chi connectivity index (χ2n) is 7.38. The average Bonchev–Trinajstić information content (AvgIpc) is 3.44. The molecule has 32 heavy (non-hydrogen) atoms. The highest BCUT2D eigenvalue weighted by Crippen LogP contribution is 2.31. The molecule has 0 saturated heterocycles. The van der Waals surface area contributed by atoms with E-state index in [2.05, 4.69) is 15.0 Å². The first-order chi connectivity index (χ1) is 15.1. The van der Waals surface area contributed by atoms with Crippen LogP contribution in [0.15, 0.2) is 59.6 Å². The molecule has 0 unspecified atom stereocenters. The molecule has 0 atom stereocenters. The fourth-order valence-electron chi connectivity index (χ4n) is 2.97. The molecule has 1 aromatic heterocycles. The van der Waals surface area contributed by atoms with Crippen molar-refractivity contribution in [3.8, 4) is 0 Å². The minimum absolute atomic E-state index is 0.00132. The molecule has 168 valence electrons. The van der Waals surface area contributed by atoms with Crippen molar-refractivity contribution in [1.82, 2.24) is 9.71 Å². The van der Waals surface area contributed by atoms with E-state index >= 15 is 0 Å². The average molecular weight is 482 g/mol. The molecule has 1 saturated carbocycles. The molecule has 1 amide bonds. The minimum atomic E-state index is -4.42. The molecule has 0 aliphatic heterocycles. The van der Waals surface area contributed by atoms with E-state index in [-0.39, 0.29) is 28.1 Å². The summed E-state index contributed by atoms with van der Waals surface area (Å²) >= 11 is 1.14. The third-order valence-electron chi connectivity index (χ3n) is 4.71. The van der Waals surface area contributed by atoms with Crippen LogP contribution in [0, 0.1) is 0 Å². The molecule has 1 heterocycles. The lowest BCUT2D eigenvalue weighted by atomic mass is 10.1. The second-order valence-corrected chi connectivity index (χ2v) is 10.2. The summed E-state index contributed by atoms with van der Waals surface area (Å²) in [5.74, 6) is -0.534. The summed E-state index contributed by atoms with van der Waals surface area (Å²) in [6.07, 6.45) is -1.10. The summed E-state index contributed by atoms with van der Waals surface area (Å²) in [4.78, 5) is 17.3. The molecule has 0 radical (unpaired) electrons. The van der Waals surface area contributed by atoms with Gasteiger partial charge in [0.15, 0.2) is 5.13 Å². The van der Waals surface area contributed by atoms with Gasteiger partial charge < -0.3 is 0 Å². The van der Waals surface area contributed by atoms with Crippen molar-refractivity contribution in [2.45, 2.75) is 36.4 Å². The summed E-state index contributed by atoms with van der Waals surface area (Å²) in [6, 6.07) is 10.7. The molecular weight excluding hydrogens is 463 g/mol. The summed E-state index contributed by atoms with van der Waals surface area (Å²) in [5.41, 5.74) is -0.0974. The number of anilines is 1. The zero-order valence-corrected chi connectivity index (χ0v) is 18.2. The lowest BCUT2D eigenvalue weighted by Gasteiger charge is -2.08. The van der Waals surface area contributed by atoms with Gasteiger partial charge in [-0.25, -0.2) is 18.1 Å². The van der Waals surface area contributed by atoms with E-state index in [1.54, 1.807) is 6.07 Å². The lowest BCUT2D eigenvalue weighted by Crippen LogP contribution is -2.26. The highest BCUT2D eigenvalue weighted by Gasteiger charge is 2.30. The summed E-state index contributed by atoms with van der Waals surface area (Å²) in [7, 11) is -3.69. The van der Waals surface area contributed by atoms with Gasteiger partial charge in [0.1, 0.15) is 0 Å². The van der Waals surface area contributed by atoms with Gasteiger partial charge in [0.25, 0.3) is 5.91 Å². The number of thiazole rings is 1. The Balaban J connectivity index is 1.44. The van der Waals surface area contributed by atoms with Crippen molar-refractivity contribution < 1.29 is 26.4 Å². The van der Waals surface area contributed by atoms with Crippen molar-refractivity contribution in [1.29, 1.82) is 0 Å². The van der Waals surface area contributed by atoms with Crippen LogP contribution in [0.1, 0.15) is 39.2 Å². The van der Waals surface area contributed by atoms with Gasteiger partial charge in [-0.2, -0.15) is 13.2 Å². The molecule has 2 aromatic carbocycles. The third-order valence-corrected chi connectivity index (χ3v) is 7.14. The maximum absolute atomic E-state index is 12.9. The quantitative estimate of drug-likeness (QED) is 0.522. The fraction of sp³-hybridized carbons (Fsp3) is 0.238. The van der Waals surface area contributed by atoms with Crippen molar-refractivity contribution >= 4 is 32.4 Å². The van der Waals surface area contributed by atoms with E-state index in [1.165, 1.54) is 36.5 Å². The van der Waals surface area contributed by atoms with Crippen LogP contribution in [-0.2, 0) is 22.6 Å². The smallest absolute Gasteiger partial charge is 0.298 e. The number of alkyl halides is 3. The van der Waals surface area contributed by atoms with Crippen LogP contribution in [0.4, 0.5) is 18.3 Å². The molecule has 1 fully saturated rings. The Kier molecular flexibility index (Phi) is 6.06. The van der Waals surface area contributed by atoms with Gasteiger partial charge in [0, 0.05) is 29.1 Å². The largest absolute Gasteiger partial charge is 0.416 e. The van der Waals surface area contributed by atoms with Crippen molar-refractivity contribution in [3.63, 3.8) is 0 Å². The summed E-state index contributed by atoms with van der Waals surface area (Å²) < 4.78 is 65.9. The molecule has 2 N–H and O–H groups in total. The number of hydrogen-bond acceptors (Lipinski definition) is 5. The Morgan fingerprint density at radius 2 is 1.88 bits per heavy atom. The molecule has 0 bridgehead atoms. The highest BCUT2D eigenvalue weighted by molar-refractivity contribution is 7.89. The van der Waals surface area contributed by atoms with Crippen LogP contribution < -0.4 is 10.0 Å². The lowest BCUT2D eigenvalue weighted by molar-refractivity contribution is -0.137. The van der Waals surface area contributed by atoms with E-state index in [0.717, 1.165) is 36.3 Å². The van der Waals surface area contributed by atoms with Crippen molar-refractivity contribution in [3.05, 3.63) is 76.3 Å².